The fourth-order valence-corrected chi connectivity index (χ4v) is 3.44. The lowest BCUT2D eigenvalue weighted by atomic mass is 9.94. The molecule has 1 aliphatic rings. The first-order chi connectivity index (χ1) is 7.29. The van der Waals surface area contributed by atoms with Crippen molar-refractivity contribution < 1.29 is 0 Å². The van der Waals surface area contributed by atoms with Crippen LogP contribution in [0.2, 0.25) is 5.02 Å². The van der Waals surface area contributed by atoms with E-state index >= 15 is 0 Å². The molecule has 0 amide bonds. The summed E-state index contributed by atoms with van der Waals surface area (Å²) in [6, 6.07) is 6.24. The molecule has 1 atom stereocenters. The van der Waals surface area contributed by atoms with Gasteiger partial charge >= 0.3 is 0 Å². The molecule has 1 aliphatic heterocycles. The number of fused-ring (bicyclic) bond motifs is 1. The summed E-state index contributed by atoms with van der Waals surface area (Å²) in [5.41, 5.74) is 7.03. The van der Waals surface area contributed by atoms with Gasteiger partial charge in [0.1, 0.15) is 0 Å². The summed E-state index contributed by atoms with van der Waals surface area (Å²) in [6.07, 6.45) is 3.54. The van der Waals surface area contributed by atoms with Crippen molar-refractivity contribution in [3.05, 3.63) is 28.8 Å². The van der Waals surface area contributed by atoms with E-state index in [0.29, 0.717) is 0 Å². The van der Waals surface area contributed by atoms with Gasteiger partial charge < -0.3 is 5.73 Å². The summed E-state index contributed by atoms with van der Waals surface area (Å²) in [5.74, 6) is 1.95. The van der Waals surface area contributed by atoms with Gasteiger partial charge in [0.2, 0.25) is 0 Å². The van der Waals surface area contributed by atoms with Crippen LogP contribution in [0.5, 0.6) is 0 Å². The minimum Gasteiger partial charge on any atom is -0.330 e. The maximum Gasteiger partial charge on any atom is 0.0409 e. The fraction of sp³-hybridized carbons (Fsp3) is 0.500. The predicted octanol–water partition coefficient (Wildman–Crippen LogP) is 3.34. The van der Waals surface area contributed by atoms with E-state index < -0.39 is 0 Å². The highest BCUT2D eigenvalue weighted by molar-refractivity contribution is 7.99. The van der Waals surface area contributed by atoms with Crippen molar-refractivity contribution in [2.45, 2.75) is 24.2 Å². The Labute approximate surface area is 100 Å². The largest absolute Gasteiger partial charge is 0.330 e. The maximum atomic E-state index is 6.02. The molecule has 0 aliphatic carbocycles. The molecular weight excluding hydrogens is 226 g/mol. The van der Waals surface area contributed by atoms with Crippen molar-refractivity contribution in [1.82, 2.24) is 0 Å². The summed E-state index contributed by atoms with van der Waals surface area (Å²) in [7, 11) is 0. The number of rotatable bonds is 2. The van der Waals surface area contributed by atoms with Crippen molar-refractivity contribution in [3.8, 4) is 0 Å². The van der Waals surface area contributed by atoms with Gasteiger partial charge in [-0.1, -0.05) is 11.6 Å². The van der Waals surface area contributed by atoms with Gasteiger partial charge in [-0.25, -0.2) is 0 Å². The summed E-state index contributed by atoms with van der Waals surface area (Å²) in [6.45, 7) is 0.797. The molecule has 0 fully saturated rings. The molecule has 1 nitrogen and oxygen atoms in total. The van der Waals surface area contributed by atoms with E-state index in [2.05, 4.69) is 12.1 Å². The number of hydrogen-bond donors (Lipinski definition) is 1. The summed E-state index contributed by atoms with van der Waals surface area (Å²) >= 11 is 7.97. The lowest BCUT2D eigenvalue weighted by Crippen LogP contribution is -2.11. The summed E-state index contributed by atoms with van der Waals surface area (Å²) in [5, 5.41) is 0.850. The molecule has 0 spiro atoms. The van der Waals surface area contributed by atoms with E-state index in [0.717, 1.165) is 30.3 Å². The topological polar surface area (TPSA) is 26.0 Å². The average molecular weight is 242 g/mol. The molecule has 3 heteroatoms. The van der Waals surface area contributed by atoms with E-state index in [1.54, 1.807) is 0 Å². The molecule has 0 radical (unpaired) electrons. The number of benzene rings is 1. The Bertz CT molecular complexity index is 340. The second-order valence-corrected chi connectivity index (χ2v) is 5.61. The monoisotopic (exact) mass is 241 g/mol. The number of hydrogen-bond acceptors (Lipinski definition) is 2. The molecule has 0 bridgehead atoms. The third-order valence-electron chi connectivity index (χ3n) is 2.89. The molecule has 2 rings (SSSR count). The van der Waals surface area contributed by atoms with E-state index in [1.807, 2.05) is 17.8 Å². The van der Waals surface area contributed by atoms with Crippen molar-refractivity contribution in [2.75, 3.05) is 12.3 Å². The Morgan fingerprint density at radius 2 is 2.33 bits per heavy atom. The summed E-state index contributed by atoms with van der Waals surface area (Å²) in [4.78, 5) is 1.40. The van der Waals surface area contributed by atoms with Crippen LogP contribution in [-0.2, 0) is 6.42 Å². The Hall–Kier alpha value is -0.180. The zero-order valence-electron chi connectivity index (χ0n) is 8.71. The highest BCUT2D eigenvalue weighted by atomic mass is 35.5. The van der Waals surface area contributed by atoms with Crippen LogP contribution < -0.4 is 5.73 Å². The van der Waals surface area contributed by atoms with E-state index in [1.165, 1.54) is 22.6 Å². The lowest BCUT2D eigenvalue weighted by Gasteiger charge is -2.12. The molecule has 1 aromatic carbocycles. The SMILES string of the molecule is NCCC1CCSc2ccc(Cl)cc2C1. The van der Waals surface area contributed by atoms with Gasteiger partial charge in [0.05, 0.1) is 0 Å². The predicted molar refractivity (Wildman–Crippen MR) is 67.7 cm³/mol. The van der Waals surface area contributed by atoms with Crippen LogP contribution in [0, 0.1) is 5.92 Å². The van der Waals surface area contributed by atoms with Gasteiger partial charge in [0.25, 0.3) is 0 Å². The van der Waals surface area contributed by atoms with Crippen LogP contribution in [0.3, 0.4) is 0 Å². The van der Waals surface area contributed by atoms with Gasteiger partial charge in [0.15, 0.2) is 0 Å². The van der Waals surface area contributed by atoms with Gasteiger partial charge in [0, 0.05) is 9.92 Å². The van der Waals surface area contributed by atoms with Gasteiger partial charge in [-0.05, 0) is 61.2 Å². The average Bonchev–Trinajstić information content (AvgIpc) is 2.39. The Morgan fingerprint density at radius 1 is 1.47 bits per heavy atom. The first-order valence-corrected chi connectivity index (χ1v) is 6.77. The minimum atomic E-state index is 0.738. The molecule has 0 saturated heterocycles. The van der Waals surface area contributed by atoms with Crippen molar-refractivity contribution in [1.29, 1.82) is 0 Å². The Kier molecular flexibility index (Phi) is 3.95. The zero-order valence-corrected chi connectivity index (χ0v) is 10.3. The van der Waals surface area contributed by atoms with E-state index in [9.17, 15) is 0 Å². The first-order valence-electron chi connectivity index (χ1n) is 5.41. The molecule has 1 unspecified atom stereocenters. The molecule has 82 valence electrons. The second kappa shape index (κ2) is 5.24. The van der Waals surface area contributed by atoms with Gasteiger partial charge in [-0.3, -0.25) is 0 Å². The van der Waals surface area contributed by atoms with E-state index in [-0.39, 0.29) is 0 Å². The normalized spacial score (nSPS) is 20.8. The van der Waals surface area contributed by atoms with Crippen molar-refractivity contribution in [3.63, 3.8) is 0 Å². The van der Waals surface area contributed by atoms with E-state index in [4.69, 9.17) is 17.3 Å². The quantitative estimate of drug-likeness (QED) is 0.860. The standard InChI is InChI=1S/C12H16ClNS/c13-11-1-2-12-10(8-11)7-9(3-5-14)4-6-15-12/h1-2,8-9H,3-7,14H2. The number of thioether (sulfide) groups is 1. The fourth-order valence-electron chi connectivity index (χ4n) is 2.08. The molecule has 0 saturated carbocycles. The molecule has 1 heterocycles. The van der Waals surface area contributed by atoms with Crippen LogP contribution in [0.25, 0.3) is 0 Å². The molecule has 15 heavy (non-hydrogen) atoms. The zero-order chi connectivity index (χ0) is 10.7. The van der Waals surface area contributed by atoms with Crippen LogP contribution in [0.4, 0.5) is 0 Å². The number of halogens is 1. The lowest BCUT2D eigenvalue weighted by molar-refractivity contribution is 0.479. The highest BCUT2D eigenvalue weighted by Gasteiger charge is 2.16. The molecule has 2 N–H and O–H groups in total. The van der Waals surface area contributed by atoms with Crippen LogP contribution in [0.15, 0.2) is 23.1 Å². The molecule has 1 aromatic rings. The first kappa shape index (κ1) is 11.3. The van der Waals surface area contributed by atoms with Crippen LogP contribution in [-0.4, -0.2) is 12.3 Å². The Morgan fingerprint density at radius 3 is 3.13 bits per heavy atom. The van der Waals surface area contributed by atoms with Gasteiger partial charge in [-0.2, -0.15) is 0 Å². The minimum absolute atomic E-state index is 0.738. The highest BCUT2D eigenvalue weighted by Crippen LogP contribution is 2.33. The third kappa shape index (κ3) is 2.90. The molecular formula is C12H16ClNS. The van der Waals surface area contributed by atoms with Crippen LogP contribution in [0.1, 0.15) is 18.4 Å². The smallest absolute Gasteiger partial charge is 0.0409 e. The summed E-state index contributed by atoms with van der Waals surface area (Å²) < 4.78 is 0. The number of nitrogens with two attached hydrogens (primary N) is 1. The second-order valence-electron chi connectivity index (χ2n) is 4.04. The maximum absolute atomic E-state index is 6.02. The Balaban J connectivity index is 2.19. The third-order valence-corrected chi connectivity index (χ3v) is 4.27. The molecule has 0 aromatic heterocycles. The van der Waals surface area contributed by atoms with Gasteiger partial charge in [-0.15, -0.1) is 11.8 Å². The van der Waals surface area contributed by atoms with Crippen molar-refractivity contribution >= 4 is 23.4 Å². The van der Waals surface area contributed by atoms with Crippen LogP contribution >= 0.6 is 23.4 Å². The van der Waals surface area contributed by atoms with Crippen molar-refractivity contribution in [2.24, 2.45) is 11.7 Å².